The second kappa shape index (κ2) is 7.16. The number of carbonyl (C=O) groups excluding carboxylic acids is 1. The highest BCUT2D eigenvalue weighted by Crippen LogP contribution is 2.19. The molecule has 0 aliphatic rings. The highest BCUT2D eigenvalue weighted by atomic mass is 19.1. The van der Waals surface area contributed by atoms with E-state index in [0.29, 0.717) is 11.4 Å². The maximum absolute atomic E-state index is 13.8. The van der Waals surface area contributed by atoms with Crippen LogP contribution in [0.4, 0.5) is 4.39 Å². The maximum atomic E-state index is 13.8. The van der Waals surface area contributed by atoms with Crippen molar-refractivity contribution >= 4 is 22.9 Å². The lowest BCUT2D eigenvalue weighted by molar-refractivity contribution is -0.139. The normalized spacial score (nSPS) is 12.5. The van der Waals surface area contributed by atoms with Crippen molar-refractivity contribution in [2.45, 2.75) is 33.2 Å². The van der Waals surface area contributed by atoms with Gasteiger partial charge in [-0.05, 0) is 33.3 Å². The minimum atomic E-state index is -1.17. The summed E-state index contributed by atoms with van der Waals surface area (Å²) < 4.78 is 13.8. The first-order valence-electron chi connectivity index (χ1n) is 7.42. The second-order valence-corrected chi connectivity index (χ2v) is 5.38. The Kier molecular flexibility index (Phi) is 5.23. The summed E-state index contributed by atoms with van der Waals surface area (Å²) in [7, 11) is 0. The molecule has 2 rings (SSSR count). The van der Waals surface area contributed by atoms with Gasteiger partial charge in [0, 0.05) is 6.07 Å². The Morgan fingerprint density at radius 3 is 2.58 bits per heavy atom. The minimum absolute atomic E-state index is 0.0349. The van der Waals surface area contributed by atoms with Gasteiger partial charge in [0.2, 0.25) is 0 Å². The van der Waals surface area contributed by atoms with E-state index in [1.807, 2.05) is 0 Å². The summed E-state index contributed by atoms with van der Waals surface area (Å²) in [6, 6.07) is 1.13. The molecule has 0 spiro atoms. The molecule has 0 saturated carbocycles. The van der Waals surface area contributed by atoms with Crippen molar-refractivity contribution in [3.63, 3.8) is 0 Å². The van der Waals surface area contributed by atoms with Crippen LogP contribution in [0.3, 0.4) is 0 Å². The number of carbonyl (C=O) groups is 2. The second-order valence-electron chi connectivity index (χ2n) is 5.38. The number of aliphatic carboxylic acids is 1. The summed E-state index contributed by atoms with van der Waals surface area (Å²) in [5.41, 5.74) is 1.71. The molecule has 0 aliphatic heterocycles. The van der Waals surface area contributed by atoms with Crippen molar-refractivity contribution in [1.82, 2.24) is 15.3 Å². The number of hydrogen-bond donors (Lipinski definition) is 2. The summed E-state index contributed by atoms with van der Waals surface area (Å²) in [5.74, 6) is -2.50. The largest absolute Gasteiger partial charge is 0.480 e. The zero-order valence-corrected chi connectivity index (χ0v) is 13.6. The van der Waals surface area contributed by atoms with E-state index in [1.54, 1.807) is 32.9 Å². The number of aryl methyl sites for hydroxylation is 2. The van der Waals surface area contributed by atoms with Crippen molar-refractivity contribution in [3.8, 4) is 0 Å². The molecule has 0 fully saturated rings. The number of aromatic nitrogens is 2. The Balaban J connectivity index is 2.45. The van der Waals surface area contributed by atoms with Crippen LogP contribution in [-0.2, 0) is 4.79 Å². The minimum Gasteiger partial charge on any atom is -0.480 e. The van der Waals surface area contributed by atoms with Gasteiger partial charge in [-0.25, -0.2) is 19.2 Å². The van der Waals surface area contributed by atoms with Crippen molar-refractivity contribution in [2.24, 2.45) is 0 Å². The highest BCUT2D eigenvalue weighted by Gasteiger charge is 2.22. The number of halogens is 1. The lowest BCUT2D eigenvalue weighted by atomic mass is 10.1. The number of rotatable bonds is 5. The third-order valence-electron chi connectivity index (χ3n) is 3.60. The van der Waals surface area contributed by atoms with Gasteiger partial charge in [-0.2, -0.15) is 0 Å². The van der Waals surface area contributed by atoms with E-state index in [1.165, 1.54) is 6.07 Å². The van der Waals surface area contributed by atoms with Gasteiger partial charge in [0.25, 0.3) is 5.91 Å². The molecule has 7 heteroatoms. The number of allylic oxidation sites excluding steroid dienone is 1. The molecule has 1 atom stereocenters. The third kappa shape index (κ3) is 3.73. The molecule has 0 aliphatic carbocycles. The Bertz CT molecular complexity index is 833. The summed E-state index contributed by atoms with van der Waals surface area (Å²) >= 11 is 0. The molecule has 0 bridgehead atoms. The average Bonchev–Trinajstić information content (AvgIpc) is 2.51. The molecule has 24 heavy (non-hydrogen) atoms. The predicted octanol–water partition coefficient (Wildman–Crippen LogP) is 2.53. The standard InChI is InChI=1S/C17H18FN3O3/c1-4-5-6-13(17(23)24)21-16(22)12-7-11(18)8-14-15(12)20-10(3)9(2)19-14/h4-5,7-8,13H,6H2,1-3H3,(H,21,22)(H,23,24)/b5-4+. The summed E-state index contributed by atoms with van der Waals surface area (Å²) in [6.45, 7) is 5.23. The molecular formula is C17H18FN3O3. The number of nitrogens with one attached hydrogen (secondary N) is 1. The molecule has 0 saturated heterocycles. The van der Waals surface area contributed by atoms with E-state index in [4.69, 9.17) is 0 Å². The fraction of sp³-hybridized carbons (Fsp3) is 0.294. The molecule has 1 amide bonds. The molecule has 6 nitrogen and oxygen atoms in total. The molecule has 1 aromatic heterocycles. The first-order valence-corrected chi connectivity index (χ1v) is 7.42. The molecule has 1 unspecified atom stereocenters. The Morgan fingerprint density at radius 1 is 1.29 bits per heavy atom. The molecule has 2 aromatic rings. The third-order valence-corrected chi connectivity index (χ3v) is 3.60. The van der Waals surface area contributed by atoms with Crippen molar-refractivity contribution < 1.29 is 19.1 Å². The van der Waals surface area contributed by atoms with Crippen LogP contribution in [0.2, 0.25) is 0 Å². The van der Waals surface area contributed by atoms with Crippen LogP contribution >= 0.6 is 0 Å². The smallest absolute Gasteiger partial charge is 0.326 e. The van der Waals surface area contributed by atoms with Gasteiger partial charge in [0.1, 0.15) is 17.4 Å². The Morgan fingerprint density at radius 2 is 1.96 bits per heavy atom. The van der Waals surface area contributed by atoms with Gasteiger partial charge in [0.05, 0.1) is 22.5 Å². The van der Waals surface area contributed by atoms with E-state index in [0.717, 1.165) is 6.07 Å². The lowest BCUT2D eigenvalue weighted by Gasteiger charge is -2.14. The van der Waals surface area contributed by atoms with E-state index >= 15 is 0 Å². The van der Waals surface area contributed by atoms with Crippen LogP contribution in [0, 0.1) is 19.7 Å². The zero-order chi connectivity index (χ0) is 17.9. The van der Waals surface area contributed by atoms with Crippen LogP contribution in [0.15, 0.2) is 24.3 Å². The quantitative estimate of drug-likeness (QED) is 0.821. The van der Waals surface area contributed by atoms with Gasteiger partial charge >= 0.3 is 5.97 Å². The number of fused-ring (bicyclic) bond motifs is 1. The molecule has 1 aromatic carbocycles. The van der Waals surface area contributed by atoms with Gasteiger partial charge in [-0.15, -0.1) is 0 Å². The Hall–Kier alpha value is -2.83. The Labute approximate surface area is 138 Å². The molecule has 126 valence electrons. The van der Waals surface area contributed by atoms with Gasteiger partial charge in [-0.1, -0.05) is 12.2 Å². The fourth-order valence-corrected chi connectivity index (χ4v) is 2.20. The average molecular weight is 331 g/mol. The van der Waals surface area contributed by atoms with Crippen LogP contribution in [0.1, 0.15) is 35.1 Å². The number of hydrogen-bond acceptors (Lipinski definition) is 4. The monoisotopic (exact) mass is 331 g/mol. The number of carboxylic acid groups (broad SMARTS) is 1. The predicted molar refractivity (Wildman–Crippen MR) is 87.3 cm³/mol. The summed E-state index contributed by atoms with van der Waals surface area (Å²) in [4.78, 5) is 32.2. The highest BCUT2D eigenvalue weighted by molar-refractivity contribution is 6.05. The van der Waals surface area contributed by atoms with Crippen LogP contribution in [0.5, 0.6) is 0 Å². The van der Waals surface area contributed by atoms with Crippen molar-refractivity contribution in [1.29, 1.82) is 0 Å². The van der Waals surface area contributed by atoms with E-state index in [-0.39, 0.29) is 23.0 Å². The number of amides is 1. The first kappa shape index (κ1) is 17.5. The van der Waals surface area contributed by atoms with Crippen molar-refractivity contribution in [3.05, 3.63) is 47.1 Å². The van der Waals surface area contributed by atoms with Crippen LogP contribution in [-0.4, -0.2) is 33.0 Å². The fourth-order valence-electron chi connectivity index (χ4n) is 2.20. The van der Waals surface area contributed by atoms with Gasteiger partial charge in [0.15, 0.2) is 0 Å². The lowest BCUT2D eigenvalue weighted by Crippen LogP contribution is -2.40. The van der Waals surface area contributed by atoms with Gasteiger partial charge in [-0.3, -0.25) is 4.79 Å². The topological polar surface area (TPSA) is 92.2 Å². The first-order chi connectivity index (χ1) is 11.3. The number of benzene rings is 1. The molecule has 2 N–H and O–H groups in total. The maximum Gasteiger partial charge on any atom is 0.326 e. The molecule has 1 heterocycles. The summed E-state index contributed by atoms with van der Waals surface area (Å²) in [6.07, 6.45) is 3.46. The number of carboxylic acids is 1. The van der Waals surface area contributed by atoms with E-state index < -0.39 is 23.7 Å². The van der Waals surface area contributed by atoms with Crippen LogP contribution < -0.4 is 5.32 Å². The van der Waals surface area contributed by atoms with Gasteiger partial charge < -0.3 is 10.4 Å². The van der Waals surface area contributed by atoms with Crippen LogP contribution in [0.25, 0.3) is 11.0 Å². The van der Waals surface area contributed by atoms with Crippen molar-refractivity contribution in [2.75, 3.05) is 0 Å². The SMILES string of the molecule is C/C=C/CC(NC(=O)c1cc(F)cc2nc(C)c(C)nc12)C(=O)O. The summed E-state index contributed by atoms with van der Waals surface area (Å²) in [5, 5.41) is 11.6. The van der Waals surface area contributed by atoms with E-state index in [2.05, 4.69) is 15.3 Å². The zero-order valence-electron chi connectivity index (χ0n) is 13.6. The molecular weight excluding hydrogens is 313 g/mol. The molecule has 0 radical (unpaired) electrons. The number of nitrogens with zero attached hydrogens (tertiary/aromatic N) is 2. The van der Waals surface area contributed by atoms with E-state index in [9.17, 15) is 19.1 Å².